The van der Waals surface area contributed by atoms with E-state index in [0.717, 1.165) is 12.2 Å². The predicted molar refractivity (Wildman–Crippen MR) is 80.9 cm³/mol. The molecule has 1 aromatic carbocycles. The predicted octanol–water partition coefficient (Wildman–Crippen LogP) is 4.72. The minimum absolute atomic E-state index is 0.637. The Labute approximate surface area is 122 Å². The third-order valence-electron chi connectivity index (χ3n) is 2.42. The molecule has 96 valence electrons. The molecule has 0 saturated heterocycles. The van der Waals surface area contributed by atoms with Gasteiger partial charge in [-0.05, 0) is 29.4 Å². The van der Waals surface area contributed by atoms with Gasteiger partial charge in [0.05, 0.1) is 18.7 Å². The Hall–Kier alpha value is -0.160. The number of alkyl halides is 1. The van der Waals surface area contributed by atoms with Gasteiger partial charge in [0.15, 0.2) is 0 Å². The SMILES string of the molecule is COc1ccc(Cl)c(OCCCCCCI)c1. The largest absolute Gasteiger partial charge is 0.497 e. The van der Waals surface area contributed by atoms with Gasteiger partial charge in [0.1, 0.15) is 11.5 Å². The van der Waals surface area contributed by atoms with Crippen molar-refractivity contribution in [2.24, 2.45) is 0 Å². The molecular formula is C13H18ClIO2. The molecule has 2 nitrogen and oxygen atoms in total. The molecule has 0 aliphatic carbocycles. The molecule has 0 saturated carbocycles. The van der Waals surface area contributed by atoms with Gasteiger partial charge in [-0.1, -0.05) is 47.0 Å². The first-order valence-electron chi connectivity index (χ1n) is 5.80. The van der Waals surface area contributed by atoms with E-state index in [4.69, 9.17) is 21.1 Å². The summed E-state index contributed by atoms with van der Waals surface area (Å²) in [6.07, 6.45) is 4.85. The van der Waals surface area contributed by atoms with Crippen molar-refractivity contribution in [1.29, 1.82) is 0 Å². The van der Waals surface area contributed by atoms with E-state index in [-0.39, 0.29) is 0 Å². The average Bonchev–Trinajstić information content (AvgIpc) is 2.35. The molecule has 17 heavy (non-hydrogen) atoms. The fourth-order valence-electron chi connectivity index (χ4n) is 1.45. The highest BCUT2D eigenvalue weighted by Crippen LogP contribution is 2.28. The summed E-state index contributed by atoms with van der Waals surface area (Å²) in [5.41, 5.74) is 0. The fraction of sp³-hybridized carbons (Fsp3) is 0.538. The molecule has 4 heteroatoms. The van der Waals surface area contributed by atoms with Crippen molar-refractivity contribution in [3.63, 3.8) is 0 Å². The maximum absolute atomic E-state index is 6.03. The van der Waals surface area contributed by atoms with Crippen LogP contribution in [0.4, 0.5) is 0 Å². The fourth-order valence-corrected chi connectivity index (χ4v) is 2.16. The number of hydrogen-bond acceptors (Lipinski definition) is 2. The summed E-state index contributed by atoms with van der Waals surface area (Å²) in [5, 5.41) is 0.637. The Bertz CT molecular complexity index is 331. The van der Waals surface area contributed by atoms with Crippen molar-refractivity contribution in [2.45, 2.75) is 25.7 Å². The van der Waals surface area contributed by atoms with Crippen molar-refractivity contribution in [3.05, 3.63) is 23.2 Å². The number of benzene rings is 1. The van der Waals surface area contributed by atoms with Crippen LogP contribution in [0.3, 0.4) is 0 Å². The van der Waals surface area contributed by atoms with Crippen molar-refractivity contribution in [1.82, 2.24) is 0 Å². The molecule has 1 rings (SSSR count). The van der Waals surface area contributed by atoms with Crippen LogP contribution in [0.5, 0.6) is 11.5 Å². The van der Waals surface area contributed by atoms with E-state index in [1.165, 1.54) is 23.7 Å². The van der Waals surface area contributed by atoms with E-state index in [0.29, 0.717) is 17.4 Å². The smallest absolute Gasteiger partial charge is 0.141 e. The molecule has 0 radical (unpaired) electrons. The zero-order chi connectivity index (χ0) is 12.5. The molecule has 0 aromatic heterocycles. The van der Waals surface area contributed by atoms with Gasteiger partial charge in [0, 0.05) is 6.07 Å². The summed E-state index contributed by atoms with van der Waals surface area (Å²) < 4.78 is 12.0. The topological polar surface area (TPSA) is 18.5 Å². The van der Waals surface area contributed by atoms with Gasteiger partial charge >= 0.3 is 0 Å². The van der Waals surface area contributed by atoms with Crippen LogP contribution in [-0.2, 0) is 0 Å². The lowest BCUT2D eigenvalue weighted by atomic mass is 10.2. The van der Waals surface area contributed by atoms with Crippen LogP contribution in [0.1, 0.15) is 25.7 Å². The van der Waals surface area contributed by atoms with Crippen molar-refractivity contribution in [2.75, 3.05) is 18.1 Å². The molecule has 0 atom stereocenters. The Morgan fingerprint density at radius 1 is 1.18 bits per heavy atom. The zero-order valence-corrected chi connectivity index (χ0v) is 13.0. The Morgan fingerprint density at radius 3 is 2.65 bits per heavy atom. The maximum atomic E-state index is 6.03. The summed E-state index contributed by atoms with van der Waals surface area (Å²) in [4.78, 5) is 0. The van der Waals surface area contributed by atoms with E-state index in [1.807, 2.05) is 12.1 Å². The van der Waals surface area contributed by atoms with Crippen LogP contribution in [-0.4, -0.2) is 18.1 Å². The van der Waals surface area contributed by atoms with Crippen LogP contribution in [0.15, 0.2) is 18.2 Å². The molecular weight excluding hydrogens is 350 g/mol. The van der Waals surface area contributed by atoms with Gasteiger partial charge in [-0.25, -0.2) is 0 Å². The van der Waals surface area contributed by atoms with Gasteiger partial charge in [0.2, 0.25) is 0 Å². The number of unbranched alkanes of at least 4 members (excludes halogenated alkanes) is 3. The highest BCUT2D eigenvalue weighted by atomic mass is 127. The Balaban J connectivity index is 2.30. The van der Waals surface area contributed by atoms with Crippen molar-refractivity contribution in [3.8, 4) is 11.5 Å². The first kappa shape index (κ1) is 14.9. The number of rotatable bonds is 8. The lowest BCUT2D eigenvalue weighted by Gasteiger charge is -2.09. The van der Waals surface area contributed by atoms with Crippen molar-refractivity contribution < 1.29 is 9.47 Å². The highest BCUT2D eigenvalue weighted by Gasteiger charge is 2.03. The van der Waals surface area contributed by atoms with Crippen LogP contribution >= 0.6 is 34.2 Å². The van der Waals surface area contributed by atoms with Crippen LogP contribution in [0.25, 0.3) is 0 Å². The normalized spacial score (nSPS) is 10.3. The first-order valence-corrected chi connectivity index (χ1v) is 7.70. The monoisotopic (exact) mass is 368 g/mol. The summed E-state index contributed by atoms with van der Waals surface area (Å²) in [6.45, 7) is 0.716. The van der Waals surface area contributed by atoms with E-state index < -0.39 is 0 Å². The summed E-state index contributed by atoms with van der Waals surface area (Å²) >= 11 is 8.44. The van der Waals surface area contributed by atoms with Gasteiger partial charge in [-0.2, -0.15) is 0 Å². The van der Waals surface area contributed by atoms with E-state index in [9.17, 15) is 0 Å². The van der Waals surface area contributed by atoms with Gasteiger partial charge < -0.3 is 9.47 Å². The highest BCUT2D eigenvalue weighted by molar-refractivity contribution is 14.1. The van der Waals surface area contributed by atoms with E-state index in [2.05, 4.69) is 22.6 Å². The third kappa shape index (κ3) is 5.82. The molecule has 0 bridgehead atoms. The van der Waals surface area contributed by atoms with Crippen LogP contribution in [0, 0.1) is 0 Å². The van der Waals surface area contributed by atoms with Gasteiger partial charge in [0.25, 0.3) is 0 Å². The molecule has 1 aromatic rings. The molecule has 0 heterocycles. The molecule has 0 unspecified atom stereocenters. The standard InChI is InChI=1S/C13H18ClIO2/c1-16-11-6-7-12(14)13(10-11)17-9-5-3-2-4-8-15/h6-7,10H,2-5,8-9H2,1H3. The summed E-state index contributed by atoms with van der Waals surface area (Å²) in [6, 6.07) is 5.45. The van der Waals surface area contributed by atoms with E-state index >= 15 is 0 Å². The Morgan fingerprint density at radius 2 is 1.94 bits per heavy atom. The van der Waals surface area contributed by atoms with Gasteiger partial charge in [-0.3, -0.25) is 0 Å². The molecule has 0 aliphatic rings. The summed E-state index contributed by atoms with van der Waals surface area (Å²) in [7, 11) is 1.64. The minimum atomic E-state index is 0.637. The van der Waals surface area contributed by atoms with Gasteiger partial charge in [-0.15, -0.1) is 0 Å². The lowest BCUT2D eigenvalue weighted by Crippen LogP contribution is -1.98. The number of methoxy groups -OCH3 is 1. The maximum Gasteiger partial charge on any atom is 0.141 e. The number of hydrogen-bond donors (Lipinski definition) is 0. The molecule has 0 spiro atoms. The van der Waals surface area contributed by atoms with E-state index in [1.54, 1.807) is 13.2 Å². The lowest BCUT2D eigenvalue weighted by molar-refractivity contribution is 0.303. The number of ether oxygens (including phenoxy) is 2. The molecule has 0 aliphatic heterocycles. The summed E-state index contributed by atoms with van der Waals surface area (Å²) in [5.74, 6) is 1.48. The molecule has 0 N–H and O–H groups in total. The van der Waals surface area contributed by atoms with Crippen molar-refractivity contribution >= 4 is 34.2 Å². The minimum Gasteiger partial charge on any atom is -0.497 e. The molecule has 0 fully saturated rings. The van der Waals surface area contributed by atoms with Crippen LogP contribution < -0.4 is 9.47 Å². The third-order valence-corrected chi connectivity index (χ3v) is 3.50. The average molecular weight is 369 g/mol. The second-order valence-corrected chi connectivity index (χ2v) is 5.23. The zero-order valence-electron chi connectivity index (χ0n) is 10.0. The second-order valence-electron chi connectivity index (χ2n) is 3.75. The van der Waals surface area contributed by atoms with Crippen LogP contribution in [0.2, 0.25) is 5.02 Å². The quantitative estimate of drug-likeness (QED) is 0.375. The second kappa shape index (κ2) is 8.86. The molecule has 0 amide bonds. The Kier molecular flexibility index (Phi) is 7.77. The first-order chi connectivity index (χ1) is 8.27. The number of halogens is 2.